The molecule has 1 aromatic rings. The molecule has 0 spiro atoms. The average molecular weight is 196 g/mol. The normalized spacial score (nSPS) is 8.92. The highest BCUT2D eigenvalue weighted by Gasteiger charge is 2.07. The lowest BCUT2D eigenvalue weighted by Gasteiger charge is -1.99. The third kappa shape index (κ3) is 2.77. The molecule has 3 nitrogen and oxygen atoms in total. The Labute approximate surface area is 80.7 Å². The van der Waals surface area contributed by atoms with Crippen LogP contribution in [-0.2, 0) is 4.74 Å². The van der Waals surface area contributed by atoms with Crippen molar-refractivity contribution in [3.05, 3.63) is 29.0 Å². The van der Waals surface area contributed by atoms with Crippen LogP contribution in [-0.4, -0.2) is 17.6 Å². The quantitative estimate of drug-likeness (QED) is 0.531. The number of aromatic nitrogens is 1. The lowest BCUT2D eigenvalue weighted by atomic mass is 10.3. The van der Waals surface area contributed by atoms with Crippen LogP contribution in [0.4, 0.5) is 0 Å². The van der Waals surface area contributed by atoms with E-state index in [1.54, 1.807) is 6.07 Å². The zero-order valence-corrected chi connectivity index (χ0v) is 7.41. The Hall–Kier alpha value is -1.53. The fraction of sp³-hybridized carbons (Fsp3) is 0.111. The van der Waals surface area contributed by atoms with Crippen LogP contribution in [0.5, 0.6) is 0 Å². The van der Waals surface area contributed by atoms with Gasteiger partial charge < -0.3 is 4.74 Å². The van der Waals surface area contributed by atoms with Crippen LogP contribution in [0.15, 0.2) is 18.3 Å². The van der Waals surface area contributed by atoms with Gasteiger partial charge in [-0.25, -0.2) is 9.78 Å². The number of nitrogens with zero attached hydrogens (tertiary/aromatic N) is 1. The Bertz CT molecular complexity index is 357. The van der Waals surface area contributed by atoms with Crippen LogP contribution in [0.3, 0.4) is 0 Å². The topological polar surface area (TPSA) is 39.2 Å². The number of halogens is 1. The first-order valence-corrected chi connectivity index (χ1v) is 3.84. The Morgan fingerprint density at radius 2 is 2.54 bits per heavy atom. The minimum absolute atomic E-state index is 0.0625. The van der Waals surface area contributed by atoms with Crippen LogP contribution >= 0.6 is 11.6 Å². The lowest BCUT2D eigenvalue weighted by molar-refractivity contribution is 0.0550. The van der Waals surface area contributed by atoms with Crippen molar-refractivity contribution >= 4 is 17.6 Å². The molecule has 0 atom stereocenters. The maximum absolute atomic E-state index is 11.1. The van der Waals surface area contributed by atoms with Crippen molar-refractivity contribution in [1.29, 1.82) is 0 Å². The van der Waals surface area contributed by atoms with Gasteiger partial charge in [0.05, 0.1) is 0 Å². The molecule has 0 unspecified atom stereocenters. The molecule has 0 fully saturated rings. The van der Waals surface area contributed by atoms with E-state index in [0.717, 1.165) is 0 Å². The Kier molecular flexibility index (Phi) is 3.30. The predicted molar refractivity (Wildman–Crippen MR) is 48.4 cm³/mol. The second-order valence-corrected chi connectivity index (χ2v) is 2.58. The number of esters is 1. The van der Waals surface area contributed by atoms with Gasteiger partial charge in [0.15, 0.2) is 6.61 Å². The number of ether oxygens (including phenoxy) is 1. The largest absolute Gasteiger partial charge is 0.448 e. The molecule has 1 heterocycles. The molecule has 1 aromatic heterocycles. The second kappa shape index (κ2) is 4.48. The zero-order valence-electron chi connectivity index (χ0n) is 6.66. The zero-order chi connectivity index (χ0) is 9.68. The van der Waals surface area contributed by atoms with Gasteiger partial charge in [-0.2, -0.15) is 0 Å². The van der Waals surface area contributed by atoms with E-state index in [9.17, 15) is 4.79 Å². The monoisotopic (exact) mass is 195 g/mol. The molecule has 0 saturated heterocycles. The molecule has 13 heavy (non-hydrogen) atoms. The first kappa shape index (κ1) is 9.56. The molecule has 0 aromatic carbocycles. The van der Waals surface area contributed by atoms with Gasteiger partial charge in [-0.05, 0) is 12.1 Å². The second-order valence-electron chi connectivity index (χ2n) is 2.14. The molecule has 66 valence electrons. The molecule has 0 aliphatic carbocycles. The van der Waals surface area contributed by atoms with E-state index < -0.39 is 5.97 Å². The van der Waals surface area contributed by atoms with Crippen LogP contribution in [0.1, 0.15) is 10.5 Å². The highest BCUT2D eigenvalue weighted by Crippen LogP contribution is 2.08. The van der Waals surface area contributed by atoms with Gasteiger partial charge in [-0.1, -0.05) is 17.5 Å². The molecular formula is C9H6ClNO2. The van der Waals surface area contributed by atoms with Gasteiger partial charge in [0, 0.05) is 11.2 Å². The summed E-state index contributed by atoms with van der Waals surface area (Å²) in [4.78, 5) is 14.9. The van der Waals surface area contributed by atoms with Crippen molar-refractivity contribution < 1.29 is 9.53 Å². The third-order valence-electron chi connectivity index (χ3n) is 1.22. The van der Waals surface area contributed by atoms with Gasteiger partial charge in [-0.3, -0.25) is 0 Å². The number of carbonyl (C=O) groups excluding carboxylic acids is 1. The van der Waals surface area contributed by atoms with E-state index >= 15 is 0 Å². The fourth-order valence-corrected chi connectivity index (χ4v) is 0.857. The Balaban J connectivity index is 2.72. The number of hydrogen-bond acceptors (Lipinski definition) is 3. The number of rotatable bonds is 2. The standard InChI is InChI=1S/C9H6ClNO2/c1-2-5-13-9(12)8-6-7(10)3-4-11-8/h1,3-4,6H,5H2. The van der Waals surface area contributed by atoms with Crippen LogP contribution < -0.4 is 0 Å². The summed E-state index contributed by atoms with van der Waals surface area (Å²) >= 11 is 5.63. The molecule has 0 saturated carbocycles. The van der Waals surface area contributed by atoms with Crippen LogP contribution in [0.25, 0.3) is 0 Å². The molecule has 4 heteroatoms. The molecule has 0 amide bonds. The fourth-order valence-electron chi connectivity index (χ4n) is 0.698. The van der Waals surface area contributed by atoms with Gasteiger partial charge >= 0.3 is 5.97 Å². The molecule has 1 rings (SSSR count). The molecule has 0 aliphatic heterocycles. The summed E-state index contributed by atoms with van der Waals surface area (Å²) < 4.78 is 4.64. The molecule has 0 aliphatic rings. The number of hydrogen-bond donors (Lipinski definition) is 0. The number of carbonyl (C=O) groups is 1. The van der Waals surface area contributed by atoms with Crippen molar-refractivity contribution in [3.63, 3.8) is 0 Å². The maximum atomic E-state index is 11.1. The predicted octanol–water partition coefficient (Wildman–Crippen LogP) is 1.52. The van der Waals surface area contributed by atoms with Gasteiger partial charge in [0.2, 0.25) is 0 Å². The van der Waals surface area contributed by atoms with Crippen molar-refractivity contribution in [2.24, 2.45) is 0 Å². The van der Waals surface area contributed by atoms with Crippen molar-refractivity contribution in [2.45, 2.75) is 0 Å². The first-order chi connectivity index (χ1) is 6.24. The number of terminal acetylenes is 1. The van der Waals surface area contributed by atoms with E-state index in [1.807, 2.05) is 0 Å². The van der Waals surface area contributed by atoms with E-state index in [1.165, 1.54) is 12.3 Å². The maximum Gasteiger partial charge on any atom is 0.357 e. The Morgan fingerprint density at radius 1 is 1.77 bits per heavy atom. The molecular weight excluding hydrogens is 190 g/mol. The van der Waals surface area contributed by atoms with Gasteiger partial charge in [-0.15, -0.1) is 6.42 Å². The van der Waals surface area contributed by atoms with E-state index in [4.69, 9.17) is 18.0 Å². The molecule has 0 N–H and O–H groups in total. The minimum Gasteiger partial charge on any atom is -0.448 e. The van der Waals surface area contributed by atoms with Crippen LogP contribution in [0, 0.1) is 12.3 Å². The van der Waals surface area contributed by atoms with Crippen molar-refractivity contribution in [3.8, 4) is 12.3 Å². The molecule has 0 radical (unpaired) electrons. The molecule has 0 bridgehead atoms. The lowest BCUT2D eigenvalue weighted by Crippen LogP contribution is -2.07. The minimum atomic E-state index is -0.569. The highest BCUT2D eigenvalue weighted by atomic mass is 35.5. The SMILES string of the molecule is C#CCOC(=O)c1cc(Cl)ccn1. The summed E-state index contributed by atoms with van der Waals surface area (Å²) in [5.41, 5.74) is 0.155. The summed E-state index contributed by atoms with van der Waals surface area (Å²) in [5, 5.41) is 0.433. The summed E-state index contributed by atoms with van der Waals surface area (Å²) in [7, 11) is 0. The third-order valence-corrected chi connectivity index (χ3v) is 1.45. The van der Waals surface area contributed by atoms with Crippen molar-refractivity contribution in [2.75, 3.05) is 6.61 Å². The van der Waals surface area contributed by atoms with E-state index in [2.05, 4.69) is 15.6 Å². The van der Waals surface area contributed by atoms with Crippen LogP contribution in [0.2, 0.25) is 5.02 Å². The van der Waals surface area contributed by atoms with Crippen molar-refractivity contribution in [1.82, 2.24) is 4.98 Å². The van der Waals surface area contributed by atoms with Gasteiger partial charge in [0.25, 0.3) is 0 Å². The van der Waals surface area contributed by atoms with Gasteiger partial charge in [0.1, 0.15) is 5.69 Å². The summed E-state index contributed by atoms with van der Waals surface area (Å²) in [6.07, 6.45) is 6.34. The smallest absolute Gasteiger partial charge is 0.357 e. The van der Waals surface area contributed by atoms with E-state index in [-0.39, 0.29) is 12.3 Å². The summed E-state index contributed by atoms with van der Waals surface area (Å²) in [6.45, 7) is -0.0625. The highest BCUT2D eigenvalue weighted by molar-refractivity contribution is 6.30. The average Bonchev–Trinajstić information content (AvgIpc) is 2.14. The summed E-state index contributed by atoms with van der Waals surface area (Å²) in [6, 6.07) is 2.99. The van der Waals surface area contributed by atoms with E-state index in [0.29, 0.717) is 5.02 Å². The summed E-state index contributed by atoms with van der Waals surface area (Å²) in [5.74, 6) is 1.61. The first-order valence-electron chi connectivity index (χ1n) is 3.46. The Morgan fingerprint density at radius 3 is 3.15 bits per heavy atom. The number of pyridine rings is 1.